The lowest BCUT2D eigenvalue weighted by atomic mass is 9.87. The number of amides is 1. The van der Waals surface area contributed by atoms with Crippen molar-refractivity contribution in [3.05, 3.63) is 78.1 Å². The number of aromatic nitrogens is 2. The second kappa shape index (κ2) is 13.2. The van der Waals surface area contributed by atoms with Gasteiger partial charge in [-0.25, -0.2) is 0 Å². The molecule has 33 heavy (non-hydrogen) atoms. The van der Waals surface area contributed by atoms with Crippen LogP contribution >= 0.6 is 11.6 Å². The summed E-state index contributed by atoms with van der Waals surface area (Å²) < 4.78 is 0. The molecule has 6 heteroatoms. The van der Waals surface area contributed by atoms with Crippen molar-refractivity contribution in [1.29, 1.82) is 0 Å². The molecule has 0 aliphatic carbocycles. The van der Waals surface area contributed by atoms with Crippen molar-refractivity contribution in [2.75, 3.05) is 20.6 Å². The largest absolute Gasteiger partial charge is 0.355 e. The quantitative estimate of drug-likeness (QED) is 0.372. The molecule has 1 amide bonds. The molecule has 2 N–H and O–H groups in total. The third-order valence-electron chi connectivity index (χ3n) is 5.81. The van der Waals surface area contributed by atoms with E-state index in [0.717, 1.165) is 35.1 Å². The second-order valence-corrected chi connectivity index (χ2v) is 9.46. The van der Waals surface area contributed by atoms with Crippen molar-refractivity contribution in [3.8, 4) is 11.1 Å². The van der Waals surface area contributed by atoms with Gasteiger partial charge in [0, 0.05) is 35.8 Å². The number of aromatic amines is 1. The Morgan fingerprint density at radius 3 is 2.58 bits per heavy atom. The number of allylic oxidation sites excluding steroid dienone is 4. The molecular weight excluding hydrogens is 432 g/mol. The molecule has 2 aromatic rings. The van der Waals surface area contributed by atoms with E-state index < -0.39 is 0 Å². The Bertz CT molecular complexity index is 947. The van der Waals surface area contributed by atoms with Gasteiger partial charge in [-0.3, -0.25) is 9.89 Å². The fourth-order valence-electron chi connectivity index (χ4n) is 3.93. The van der Waals surface area contributed by atoms with E-state index >= 15 is 0 Å². The first kappa shape index (κ1) is 26.6. The van der Waals surface area contributed by atoms with Gasteiger partial charge in [-0.2, -0.15) is 5.10 Å². The summed E-state index contributed by atoms with van der Waals surface area (Å²) in [6.07, 6.45) is 11.3. The molecule has 1 heterocycles. The Morgan fingerprint density at radius 2 is 2.03 bits per heavy atom. The van der Waals surface area contributed by atoms with Crippen molar-refractivity contribution in [2.24, 2.45) is 11.8 Å². The van der Waals surface area contributed by atoms with Gasteiger partial charge in [0.1, 0.15) is 0 Å². The summed E-state index contributed by atoms with van der Waals surface area (Å²) in [5, 5.41) is 10.7. The lowest BCUT2D eigenvalue weighted by Gasteiger charge is -2.26. The zero-order valence-corrected chi connectivity index (χ0v) is 21.0. The van der Waals surface area contributed by atoms with Crippen LogP contribution in [0, 0.1) is 11.8 Å². The Hall–Kier alpha value is -2.63. The molecule has 2 rings (SSSR count). The molecule has 2 atom stereocenters. The van der Waals surface area contributed by atoms with Gasteiger partial charge in [0.15, 0.2) is 0 Å². The molecule has 0 aliphatic rings. The van der Waals surface area contributed by atoms with Crippen LogP contribution in [0.15, 0.2) is 67.6 Å². The third kappa shape index (κ3) is 8.34. The molecule has 1 aromatic carbocycles. The van der Waals surface area contributed by atoms with Crippen molar-refractivity contribution < 1.29 is 4.79 Å². The van der Waals surface area contributed by atoms with Crippen LogP contribution in [0.5, 0.6) is 0 Å². The number of benzene rings is 1. The van der Waals surface area contributed by atoms with Crippen LogP contribution in [0.3, 0.4) is 0 Å². The highest BCUT2D eigenvalue weighted by Gasteiger charge is 2.20. The van der Waals surface area contributed by atoms with E-state index in [1.54, 1.807) is 12.3 Å². The minimum absolute atomic E-state index is 0.0470. The molecular formula is C27H37ClN4O. The number of rotatable bonds is 13. The summed E-state index contributed by atoms with van der Waals surface area (Å²) in [6, 6.07) is 6.19. The minimum atomic E-state index is 0.0470. The van der Waals surface area contributed by atoms with Gasteiger partial charge in [-0.1, -0.05) is 69.0 Å². The maximum atomic E-state index is 12.8. The molecule has 0 aliphatic heterocycles. The van der Waals surface area contributed by atoms with E-state index in [4.69, 9.17) is 11.6 Å². The van der Waals surface area contributed by atoms with Gasteiger partial charge in [-0.15, -0.1) is 0 Å². The van der Waals surface area contributed by atoms with E-state index in [-0.39, 0.29) is 17.9 Å². The number of hydrogen-bond acceptors (Lipinski definition) is 3. The smallest absolute Gasteiger partial charge is 0.220 e. The highest BCUT2D eigenvalue weighted by Crippen LogP contribution is 2.27. The highest BCUT2D eigenvalue weighted by molar-refractivity contribution is 6.31. The lowest BCUT2D eigenvalue weighted by molar-refractivity contribution is -0.122. The molecule has 0 saturated heterocycles. The monoisotopic (exact) mass is 468 g/mol. The maximum Gasteiger partial charge on any atom is 0.220 e. The first-order valence-corrected chi connectivity index (χ1v) is 11.8. The summed E-state index contributed by atoms with van der Waals surface area (Å²) in [4.78, 5) is 15.0. The number of halogens is 1. The predicted molar refractivity (Wildman–Crippen MR) is 139 cm³/mol. The molecule has 0 spiro atoms. The zero-order valence-electron chi connectivity index (χ0n) is 20.3. The van der Waals surface area contributed by atoms with Crippen LogP contribution in [-0.2, 0) is 11.2 Å². The molecule has 1 aromatic heterocycles. The molecule has 0 radical (unpaired) electrons. The third-order valence-corrected chi connectivity index (χ3v) is 6.16. The summed E-state index contributed by atoms with van der Waals surface area (Å²) in [7, 11) is 4.05. The van der Waals surface area contributed by atoms with Gasteiger partial charge in [0.2, 0.25) is 5.91 Å². The lowest BCUT2D eigenvalue weighted by Crippen LogP contribution is -2.42. The molecule has 0 fully saturated rings. The van der Waals surface area contributed by atoms with Crippen molar-refractivity contribution in [1.82, 2.24) is 20.4 Å². The van der Waals surface area contributed by atoms with Gasteiger partial charge in [0.05, 0.1) is 6.20 Å². The molecule has 5 nitrogen and oxygen atoms in total. The zero-order chi connectivity index (χ0) is 24.4. The van der Waals surface area contributed by atoms with E-state index in [1.807, 2.05) is 38.5 Å². The average molecular weight is 469 g/mol. The van der Waals surface area contributed by atoms with E-state index in [2.05, 4.69) is 59.6 Å². The van der Waals surface area contributed by atoms with Crippen LogP contribution in [0.1, 0.15) is 32.3 Å². The number of carbonyl (C=O) groups is 1. The second-order valence-electron chi connectivity index (χ2n) is 9.06. The summed E-state index contributed by atoms with van der Waals surface area (Å²) in [5.74, 6) is 0.659. The number of carbonyl (C=O) groups excluding carboxylic acids is 1. The first-order valence-electron chi connectivity index (χ1n) is 11.4. The number of H-pyrrole nitrogens is 1. The standard InChI is InChI=1S/C27H37ClN4O/c1-7-9-20(8-2)23(12-19(3)4)15-27(33)29-18-25(32(5)6)13-22-11-10-21(14-26(22)28)24-16-30-31-17-24/h7-11,14,16-17,19,23,25H,1-2,12-13,15,18H2,3-6H3,(H,29,33)(H,30,31)/b20-9+. The summed E-state index contributed by atoms with van der Waals surface area (Å²) in [6.45, 7) is 12.6. The van der Waals surface area contributed by atoms with Crippen molar-refractivity contribution >= 4 is 17.5 Å². The van der Waals surface area contributed by atoms with Gasteiger partial charge in [0.25, 0.3) is 0 Å². The maximum absolute atomic E-state index is 12.8. The number of hydrogen-bond donors (Lipinski definition) is 2. The average Bonchev–Trinajstić information content (AvgIpc) is 3.29. The van der Waals surface area contributed by atoms with Crippen LogP contribution in [0.25, 0.3) is 11.1 Å². The number of nitrogens with one attached hydrogen (secondary N) is 2. The Balaban J connectivity index is 2.03. The molecule has 0 saturated carbocycles. The Labute approximate surface area is 203 Å². The van der Waals surface area contributed by atoms with Crippen molar-refractivity contribution in [3.63, 3.8) is 0 Å². The van der Waals surface area contributed by atoms with Crippen LogP contribution in [0.2, 0.25) is 5.02 Å². The minimum Gasteiger partial charge on any atom is -0.355 e. The molecule has 178 valence electrons. The van der Waals surface area contributed by atoms with E-state index in [9.17, 15) is 4.79 Å². The highest BCUT2D eigenvalue weighted by atomic mass is 35.5. The first-order chi connectivity index (χ1) is 15.7. The fourth-order valence-corrected chi connectivity index (χ4v) is 4.19. The van der Waals surface area contributed by atoms with Gasteiger partial charge >= 0.3 is 0 Å². The number of likely N-dealkylation sites (N-methyl/N-ethyl adjacent to an activating group) is 1. The Kier molecular flexibility index (Phi) is 10.6. The Morgan fingerprint density at radius 1 is 1.27 bits per heavy atom. The predicted octanol–water partition coefficient (Wildman–Crippen LogP) is 5.67. The van der Waals surface area contributed by atoms with Crippen LogP contribution in [-0.4, -0.2) is 47.7 Å². The van der Waals surface area contributed by atoms with Gasteiger partial charge < -0.3 is 10.2 Å². The fraction of sp³-hybridized carbons (Fsp3) is 0.407. The van der Waals surface area contributed by atoms with E-state index in [0.29, 0.717) is 23.9 Å². The van der Waals surface area contributed by atoms with Gasteiger partial charge in [-0.05, 0) is 61.5 Å². The van der Waals surface area contributed by atoms with Crippen LogP contribution < -0.4 is 5.32 Å². The topological polar surface area (TPSA) is 61.0 Å². The normalized spacial score (nSPS) is 13.7. The van der Waals surface area contributed by atoms with E-state index in [1.165, 1.54) is 0 Å². The summed E-state index contributed by atoms with van der Waals surface area (Å²) >= 11 is 6.60. The SMILES string of the molecule is C=C/C=C(\C=C)C(CC(=O)NCC(Cc1ccc(-c2cn[nH]c2)cc1Cl)N(C)C)CC(C)C. The summed E-state index contributed by atoms with van der Waals surface area (Å²) in [5.41, 5.74) is 4.13. The molecule has 0 bridgehead atoms. The van der Waals surface area contributed by atoms with Crippen molar-refractivity contribution in [2.45, 2.75) is 39.2 Å². The number of nitrogens with zero attached hydrogens (tertiary/aromatic N) is 2. The van der Waals surface area contributed by atoms with Crippen LogP contribution in [0.4, 0.5) is 0 Å². The molecule has 2 unspecified atom stereocenters.